The molecular formula is C34H43BN4O2. The number of aryl methyl sites for hydroxylation is 4. The maximum atomic E-state index is 11.1. The summed E-state index contributed by atoms with van der Waals surface area (Å²) in [5, 5.41) is 22.1. The molecule has 0 spiro atoms. The van der Waals surface area contributed by atoms with E-state index in [0.717, 1.165) is 19.3 Å². The van der Waals surface area contributed by atoms with Crippen LogP contribution in [0.25, 0.3) is 0 Å². The predicted octanol–water partition coefficient (Wildman–Crippen LogP) is 4.41. The SMILES string of the molecule is CCc1[nH]c(C)c[nH+]1.CCc1[nH]c(C)c[nH+]1.[O-]B([O-])CCCC(c1ccccc1)(c1ccccc1)c1ccccc1. The minimum absolute atomic E-state index is 0.147. The van der Waals surface area contributed by atoms with Crippen LogP contribution in [0.15, 0.2) is 103 Å². The van der Waals surface area contributed by atoms with Crippen LogP contribution in [0.2, 0.25) is 6.32 Å². The Morgan fingerprint density at radius 1 is 0.634 bits per heavy atom. The first-order chi connectivity index (χ1) is 19.9. The lowest BCUT2D eigenvalue weighted by Gasteiger charge is -2.37. The average molecular weight is 551 g/mol. The normalized spacial score (nSPS) is 10.7. The molecule has 0 atom stereocenters. The lowest BCUT2D eigenvalue weighted by molar-refractivity contribution is -0.388. The molecule has 6 nitrogen and oxygen atoms in total. The van der Waals surface area contributed by atoms with E-state index < -0.39 is 7.12 Å². The molecule has 0 saturated heterocycles. The van der Waals surface area contributed by atoms with Gasteiger partial charge >= 0.3 is 0 Å². The predicted molar refractivity (Wildman–Crippen MR) is 162 cm³/mol. The number of hydrogen-bond donors (Lipinski definition) is 2. The summed E-state index contributed by atoms with van der Waals surface area (Å²) in [5.74, 6) is 2.39. The van der Waals surface area contributed by atoms with E-state index in [1.165, 1.54) is 39.7 Å². The second-order valence-corrected chi connectivity index (χ2v) is 10.2. The maximum absolute atomic E-state index is 11.1. The summed E-state index contributed by atoms with van der Waals surface area (Å²) in [7, 11) is -1.76. The van der Waals surface area contributed by atoms with Crippen LogP contribution in [0.3, 0.4) is 0 Å². The van der Waals surface area contributed by atoms with Crippen LogP contribution in [-0.2, 0) is 18.3 Å². The fourth-order valence-corrected chi connectivity index (χ4v) is 5.03. The molecule has 0 saturated carbocycles. The number of rotatable bonds is 9. The minimum atomic E-state index is -1.76. The molecule has 0 fully saturated rings. The molecule has 0 amide bonds. The van der Waals surface area contributed by atoms with Crippen molar-refractivity contribution in [1.82, 2.24) is 9.97 Å². The van der Waals surface area contributed by atoms with Gasteiger partial charge in [0.05, 0.1) is 0 Å². The Hall–Kier alpha value is -3.94. The van der Waals surface area contributed by atoms with E-state index in [4.69, 9.17) is 0 Å². The fraction of sp³-hybridized carbons (Fsp3) is 0.294. The molecule has 0 radical (unpaired) electrons. The molecule has 5 aromatic rings. The summed E-state index contributed by atoms with van der Waals surface area (Å²) in [6.45, 7) is 8.30. The summed E-state index contributed by atoms with van der Waals surface area (Å²) in [6.07, 6.45) is 7.51. The molecule has 5 rings (SSSR count). The molecule has 4 N–H and O–H groups in total. The molecule has 7 heteroatoms. The van der Waals surface area contributed by atoms with Gasteiger partial charge in [-0.05, 0) is 23.1 Å². The highest BCUT2D eigenvalue weighted by molar-refractivity contribution is 6.36. The van der Waals surface area contributed by atoms with Crippen molar-refractivity contribution in [3.63, 3.8) is 0 Å². The monoisotopic (exact) mass is 550 g/mol. The van der Waals surface area contributed by atoms with Crippen LogP contribution >= 0.6 is 0 Å². The number of benzene rings is 3. The summed E-state index contributed by atoms with van der Waals surface area (Å²) in [4.78, 5) is 12.5. The molecule has 3 aromatic carbocycles. The third-order valence-electron chi connectivity index (χ3n) is 7.12. The first-order valence-electron chi connectivity index (χ1n) is 14.5. The molecule has 2 aromatic heterocycles. The van der Waals surface area contributed by atoms with Gasteiger partial charge in [-0.15, -0.1) is 13.4 Å². The van der Waals surface area contributed by atoms with Crippen molar-refractivity contribution in [1.29, 1.82) is 0 Å². The molecular weight excluding hydrogens is 507 g/mol. The number of aromatic nitrogens is 4. The van der Waals surface area contributed by atoms with Gasteiger partial charge in [0.2, 0.25) is 0 Å². The zero-order chi connectivity index (χ0) is 29.5. The topological polar surface area (TPSA) is 106 Å². The summed E-state index contributed by atoms with van der Waals surface area (Å²) in [6, 6.07) is 31.1. The zero-order valence-corrected chi connectivity index (χ0v) is 24.7. The highest BCUT2D eigenvalue weighted by Gasteiger charge is 2.35. The number of nitrogens with one attached hydrogen (secondary N) is 4. The van der Waals surface area contributed by atoms with Crippen LogP contribution in [-0.4, -0.2) is 17.1 Å². The van der Waals surface area contributed by atoms with Crippen molar-refractivity contribution < 1.29 is 20.0 Å². The Balaban J connectivity index is 0.000000234. The summed E-state index contributed by atoms with van der Waals surface area (Å²) >= 11 is 0. The van der Waals surface area contributed by atoms with Gasteiger partial charge in [-0.2, -0.15) is 0 Å². The van der Waals surface area contributed by atoms with Crippen molar-refractivity contribution >= 4 is 7.12 Å². The molecule has 41 heavy (non-hydrogen) atoms. The number of H-pyrrole nitrogens is 4. The van der Waals surface area contributed by atoms with E-state index >= 15 is 0 Å². The van der Waals surface area contributed by atoms with E-state index in [1.54, 1.807) is 0 Å². The lowest BCUT2D eigenvalue weighted by Crippen LogP contribution is -2.44. The van der Waals surface area contributed by atoms with E-state index in [-0.39, 0.29) is 11.7 Å². The van der Waals surface area contributed by atoms with Crippen LogP contribution in [0.4, 0.5) is 0 Å². The van der Waals surface area contributed by atoms with Gasteiger partial charge in [0, 0.05) is 32.1 Å². The van der Waals surface area contributed by atoms with E-state index in [2.05, 4.69) is 70.2 Å². The third kappa shape index (κ3) is 9.30. The molecule has 0 bridgehead atoms. The van der Waals surface area contributed by atoms with Crippen LogP contribution in [0.5, 0.6) is 0 Å². The summed E-state index contributed by atoms with van der Waals surface area (Å²) in [5.41, 5.74) is 5.57. The van der Waals surface area contributed by atoms with E-state index in [9.17, 15) is 10.0 Å². The van der Waals surface area contributed by atoms with Crippen molar-refractivity contribution in [3.05, 3.63) is 143 Å². The van der Waals surface area contributed by atoms with E-state index in [0.29, 0.717) is 6.42 Å². The number of imidazole rings is 2. The second-order valence-electron chi connectivity index (χ2n) is 10.2. The van der Waals surface area contributed by atoms with Gasteiger partial charge in [0.25, 0.3) is 11.6 Å². The maximum Gasteiger partial charge on any atom is 0.251 e. The van der Waals surface area contributed by atoms with Gasteiger partial charge in [-0.3, -0.25) is 0 Å². The van der Waals surface area contributed by atoms with Crippen LogP contribution in [0.1, 0.15) is 66.4 Å². The first-order valence-corrected chi connectivity index (χ1v) is 14.5. The fourth-order valence-electron chi connectivity index (χ4n) is 5.03. The quantitative estimate of drug-likeness (QED) is 0.210. The second kappa shape index (κ2) is 16.4. The Bertz CT molecular complexity index is 1250. The Labute approximate surface area is 245 Å². The Kier molecular flexibility index (Phi) is 12.6. The van der Waals surface area contributed by atoms with Crippen molar-refractivity contribution in [3.8, 4) is 0 Å². The number of aromatic amines is 4. The molecule has 0 aliphatic heterocycles. The lowest BCUT2D eigenvalue weighted by atomic mass is 9.65. The van der Waals surface area contributed by atoms with Gasteiger partial charge in [0.15, 0.2) is 0 Å². The molecule has 0 aliphatic carbocycles. The van der Waals surface area contributed by atoms with Crippen molar-refractivity contribution in [2.24, 2.45) is 0 Å². The standard InChI is InChI=1S/C22H21BO2.2C6H10N2/c24-23(25)18-10-17-22(19-11-4-1-5-12-19,20-13-6-2-7-14-20)21-15-8-3-9-16-21;2*1-3-6-7-4-5(2)8-6/h1-9,11-16H,10,17-18H2;2*4H,3H2,1-2H3,(H,7,8)/q-2;;/p+2. The molecule has 2 heterocycles. The van der Waals surface area contributed by atoms with Gasteiger partial charge in [-0.1, -0.05) is 111 Å². The third-order valence-corrected chi connectivity index (χ3v) is 7.12. The number of hydrogen-bond acceptors (Lipinski definition) is 2. The average Bonchev–Trinajstić information content (AvgIpc) is 3.64. The van der Waals surface area contributed by atoms with Crippen molar-refractivity contribution in [2.45, 2.75) is 65.1 Å². The largest absolute Gasteiger partial charge is 0.893 e. The highest BCUT2D eigenvalue weighted by Crippen LogP contribution is 2.43. The van der Waals surface area contributed by atoms with E-state index in [1.807, 2.05) is 80.8 Å². The van der Waals surface area contributed by atoms with Crippen LogP contribution < -0.4 is 20.0 Å². The molecule has 0 unspecified atom stereocenters. The molecule has 0 aliphatic rings. The van der Waals surface area contributed by atoms with Crippen LogP contribution in [0, 0.1) is 13.8 Å². The van der Waals surface area contributed by atoms with Crippen molar-refractivity contribution in [2.75, 3.05) is 0 Å². The van der Waals surface area contributed by atoms with Gasteiger partial charge in [-0.25, -0.2) is 19.9 Å². The highest BCUT2D eigenvalue weighted by atomic mass is 16.4. The molecule has 214 valence electrons. The van der Waals surface area contributed by atoms with Gasteiger partial charge in [0.1, 0.15) is 23.8 Å². The zero-order valence-electron chi connectivity index (χ0n) is 24.7. The Morgan fingerprint density at radius 2 is 1.00 bits per heavy atom. The van der Waals surface area contributed by atoms with Gasteiger partial charge < -0.3 is 10.0 Å². The first kappa shape index (κ1) is 31.6. The Morgan fingerprint density at radius 3 is 1.24 bits per heavy atom. The smallest absolute Gasteiger partial charge is 0.251 e. The summed E-state index contributed by atoms with van der Waals surface area (Å²) < 4.78 is 0. The minimum Gasteiger partial charge on any atom is -0.893 e.